The average molecular weight is 269 g/mol. The minimum absolute atomic E-state index is 0.435. The van der Waals surface area contributed by atoms with Crippen molar-refractivity contribution >= 4 is 0 Å². The lowest BCUT2D eigenvalue weighted by molar-refractivity contribution is 0.0582. The van der Waals surface area contributed by atoms with Crippen molar-refractivity contribution in [1.82, 2.24) is 5.32 Å². The molecule has 2 heteroatoms. The van der Waals surface area contributed by atoms with E-state index in [1.54, 1.807) is 0 Å². The van der Waals surface area contributed by atoms with E-state index in [1.807, 2.05) is 0 Å². The highest BCUT2D eigenvalue weighted by molar-refractivity contribution is 4.74. The Kier molecular flexibility index (Phi) is 9.54. The van der Waals surface area contributed by atoms with Crippen molar-refractivity contribution in [3.8, 4) is 0 Å². The molecule has 0 bridgehead atoms. The van der Waals surface area contributed by atoms with E-state index in [2.05, 4.69) is 26.1 Å². The molecule has 1 rings (SSSR count). The van der Waals surface area contributed by atoms with Crippen molar-refractivity contribution in [3.05, 3.63) is 0 Å². The molecule has 1 N–H and O–H groups in total. The van der Waals surface area contributed by atoms with Crippen LogP contribution >= 0.6 is 0 Å². The summed E-state index contributed by atoms with van der Waals surface area (Å²) in [6, 6.07) is 0.750. The number of nitrogens with one attached hydrogen (secondary N) is 1. The van der Waals surface area contributed by atoms with Crippen LogP contribution in [0.1, 0.15) is 78.6 Å². The number of unbranched alkanes of at least 4 members (excludes halogenated alkanes) is 3. The molecule has 1 fully saturated rings. The Morgan fingerprint density at radius 3 is 2.53 bits per heavy atom. The Hall–Kier alpha value is -0.0800. The summed E-state index contributed by atoms with van der Waals surface area (Å²) in [6.45, 7) is 8.75. The van der Waals surface area contributed by atoms with E-state index in [0.717, 1.165) is 25.1 Å². The highest BCUT2D eigenvalue weighted by Crippen LogP contribution is 2.23. The first-order valence-electron chi connectivity index (χ1n) is 8.57. The van der Waals surface area contributed by atoms with Crippen LogP contribution in [0.3, 0.4) is 0 Å². The molecule has 114 valence electrons. The fourth-order valence-corrected chi connectivity index (χ4v) is 2.93. The van der Waals surface area contributed by atoms with Crippen LogP contribution in [-0.4, -0.2) is 25.3 Å². The van der Waals surface area contributed by atoms with Gasteiger partial charge in [-0.15, -0.1) is 0 Å². The third-order valence-electron chi connectivity index (χ3n) is 4.42. The van der Waals surface area contributed by atoms with Gasteiger partial charge in [-0.25, -0.2) is 0 Å². The number of hydrogen-bond donors (Lipinski definition) is 1. The monoisotopic (exact) mass is 269 g/mol. The van der Waals surface area contributed by atoms with Gasteiger partial charge in [0.15, 0.2) is 0 Å². The molecule has 0 saturated heterocycles. The van der Waals surface area contributed by atoms with E-state index in [9.17, 15) is 0 Å². The Bertz CT molecular complexity index is 199. The highest BCUT2D eigenvalue weighted by Gasteiger charge is 2.17. The molecule has 0 amide bonds. The van der Waals surface area contributed by atoms with Crippen LogP contribution < -0.4 is 5.32 Å². The summed E-state index contributed by atoms with van der Waals surface area (Å²) in [4.78, 5) is 0. The minimum atomic E-state index is 0.435. The molecule has 2 nitrogen and oxygen atoms in total. The van der Waals surface area contributed by atoms with Gasteiger partial charge in [-0.3, -0.25) is 0 Å². The predicted octanol–water partition coefficient (Wildman–Crippen LogP) is 4.53. The van der Waals surface area contributed by atoms with Gasteiger partial charge in [0.1, 0.15) is 0 Å². The maximum absolute atomic E-state index is 5.87. The summed E-state index contributed by atoms with van der Waals surface area (Å²) in [5, 5.41) is 3.65. The SMILES string of the molecule is CCCCCCC(C)OCCNC1CCC(C)CC1. The summed E-state index contributed by atoms with van der Waals surface area (Å²) in [5.41, 5.74) is 0. The fraction of sp³-hybridized carbons (Fsp3) is 1.00. The van der Waals surface area contributed by atoms with Crippen LogP contribution in [0.5, 0.6) is 0 Å². The Labute approximate surface area is 120 Å². The summed E-state index contributed by atoms with van der Waals surface area (Å²) in [5.74, 6) is 0.942. The van der Waals surface area contributed by atoms with Crippen molar-refractivity contribution < 1.29 is 4.74 Å². The Morgan fingerprint density at radius 1 is 1.11 bits per heavy atom. The van der Waals surface area contributed by atoms with Gasteiger partial charge in [-0.1, -0.05) is 39.5 Å². The number of rotatable bonds is 10. The first-order chi connectivity index (χ1) is 9.22. The van der Waals surface area contributed by atoms with E-state index in [-0.39, 0.29) is 0 Å². The van der Waals surface area contributed by atoms with Crippen LogP contribution in [0.4, 0.5) is 0 Å². The summed E-state index contributed by atoms with van der Waals surface area (Å²) in [7, 11) is 0. The minimum Gasteiger partial charge on any atom is -0.377 e. The Morgan fingerprint density at radius 2 is 1.84 bits per heavy atom. The normalized spacial score (nSPS) is 25.4. The van der Waals surface area contributed by atoms with Crippen LogP contribution in [0.2, 0.25) is 0 Å². The van der Waals surface area contributed by atoms with Crippen molar-refractivity contribution in [2.24, 2.45) is 5.92 Å². The van der Waals surface area contributed by atoms with Gasteiger partial charge in [0.2, 0.25) is 0 Å². The zero-order chi connectivity index (χ0) is 13.9. The first-order valence-corrected chi connectivity index (χ1v) is 8.57. The van der Waals surface area contributed by atoms with Gasteiger partial charge in [0.05, 0.1) is 12.7 Å². The zero-order valence-corrected chi connectivity index (χ0v) is 13.4. The topological polar surface area (TPSA) is 21.3 Å². The molecule has 0 aromatic carbocycles. The predicted molar refractivity (Wildman–Crippen MR) is 83.6 cm³/mol. The lowest BCUT2D eigenvalue weighted by Gasteiger charge is -2.27. The third kappa shape index (κ3) is 8.65. The van der Waals surface area contributed by atoms with E-state index in [0.29, 0.717) is 6.10 Å². The van der Waals surface area contributed by atoms with Crippen molar-refractivity contribution in [2.75, 3.05) is 13.2 Å². The molecule has 0 spiro atoms. The van der Waals surface area contributed by atoms with Gasteiger partial charge >= 0.3 is 0 Å². The van der Waals surface area contributed by atoms with Gasteiger partial charge < -0.3 is 10.1 Å². The van der Waals surface area contributed by atoms with E-state index < -0.39 is 0 Å². The second-order valence-electron chi connectivity index (χ2n) is 6.44. The third-order valence-corrected chi connectivity index (χ3v) is 4.42. The maximum Gasteiger partial charge on any atom is 0.0594 e. The largest absolute Gasteiger partial charge is 0.377 e. The number of ether oxygens (including phenoxy) is 1. The van der Waals surface area contributed by atoms with Crippen molar-refractivity contribution in [2.45, 2.75) is 90.7 Å². The molecular weight excluding hydrogens is 234 g/mol. The van der Waals surface area contributed by atoms with Gasteiger partial charge in [0, 0.05) is 12.6 Å². The van der Waals surface area contributed by atoms with Crippen LogP contribution in [-0.2, 0) is 4.74 Å². The van der Waals surface area contributed by atoms with E-state index >= 15 is 0 Å². The summed E-state index contributed by atoms with van der Waals surface area (Å²) < 4.78 is 5.87. The molecule has 1 saturated carbocycles. The van der Waals surface area contributed by atoms with E-state index in [4.69, 9.17) is 4.74 Å². The highest BCUT2D eigenvalue weighted by atomic mass is 16.5. The van der Waals surface area contributed by atoms with Gasteiger partial charge in [-0.2, -0.15) is 0 Å². The smallest absolute Gasteiger partial charge is 0.0594 e. The molecule has 1 aliphatic carbocycles. The molecule has 0 aromatic heterocycles. The van der Waals surface area contributed by atoms with Crippen molar-refractivity contribution in [3.63, 3.8) is 0 Å². The van der Waals surface area contributed by atoms with E-state index in [1.165, 1.54) is 57.8 Å². The number of hydrogen-bond acceptors (Lipinski definition) is 2. The molecule has 1 atom stereocenters. The standard InChI is InChI=1S/C17H35NO/c1-4-5-6-7-8-16(3)19-14-13-18-17-11-9-15(2)10-12-17/h15-18H,4-14H2,1-3H3. The summed E-state index contributed by atoms with van der Waals surface area (Å²) in [6.07, 6.45) is 12.5. The average Bonchev–Trinajstić information content (AvgIpc) is 2.42. The van der Waals surface area contributed by atoms with Crippen LogP contribution in [0.15, 0.2) is 0 Å². The maximum atomic E-state index is 5.87. The lowest BCUT2D eigenvalue weighted by atomic mass is 9.87. The molecular formula is C17H35NO. The van der Waals surface area contributed by atoms with Crippen LogP contribution in [0.25, 0.3) is 0 Å². The lowest BCUT2D eigenvalue weighted by Crippen LogP contribution is -2.35. The molecule has 1 aliphatic rings. The molecule has 0 aromatic rings. The second kappa shape index (κ2) is 10.7. The molecule has 19 heavy (non-hydrogen) atoms. The van der Waals surface area contributed by atoms with Gasteiger partial charge in [-0.05, 0) is 44.9 Å². The van der Waals surface area contributed by atoms with Crippen LogP contribution in [0, 0.1) is 5.92 Å². The summed E-state index contributed by atoms with van der Waals surface area (Å²) >= 11 is 0. The fourth-order valence-electron chi connectivity index (χ4n) is 2.93. The zero-order valence-electron chi connectivity index (χ0n) is 13.4. The molecule has 0 radical (unpaired) electrons. The van der Waals surface area contributed by atoms with Gasteiger partial charge in [0.25, 0.3) is 0 Å². The Balaban J connectivity index is 1.89. The molecule has 0 heterocycles. The quantitative estimate of drug-likeness (QED) is 0.588. The second-order valence-corrected chi connectivity index (χ2v) is 6.44. The first kappa shape index (κ1) is 17.0. The molecule has 1 unspecified atom stereocenters. The molecule has 0 aliphatic heterocycles. The van der Waals surface area contributed by atoms with Crippen molar-refractivity contribution in [1.29, 1.82) is 0 Å².